The molecule has 0 spiro atoms. The summed E-state index contributed by atoms with van der Waals surface area (Å²) in [6.45, 7) is 6.33. The molecule has 0 radical (unpaired) electrons. The number of imide groups is 1. The number of carbonyl (C=O) groups excluding carboxylic acids is 2. The number of anilines is 1. The van der Waals surface area contributed by atoms with E-state index in [1.165, 1.54) is 4.90 Å². The van der Waals surface area contributed by atoms with Crippen LogP contribution < -0.4 is 9.33 Å². The summed E-state index contributed by atoms with van der Waals surface area (Å²) in [6, 6.07) is 7.21. The molecule has 5 nitrogen and oxygen atoms in total. The minimum atomic E-state index is -1.67. The number of rotatable bonds is 3. The van der Waals surface area contributed by atoms with E-state index in [0.717, 1.165) is 5.75 Å². The summed E-state index contributed by atoms with van der Waals surface area (Å²) in [5.41, 5.74) is 0.608. The van der Waals surface area contributed by atoms with Gasteiger partial charge in [0.15, 0.2) is 0 Å². The molecule has 2 bridgehead atoms. The van der Waals surface area contributed by atoms with Crippen molar-refractivity contribution in [3.63, 3.8) is 0 Å². The maximum absolute atomic E-state index is 12.7. The van der Waals surface area contributed by atoms with Gasteiger partial charge in [0, 0.05) is 0 Å². The number of hydrogen-bond acceptors (Lipinski definition) is 4. The Hall–Kier alpha value is -1.92. The van der Waals surface area contributed by atoms with Crippen molar-refractivity contribution in [2.45, 2.75) is 31.8 Å². The zero-order valence-electron chi connectivity index (χ0n) is 13.4. The largest absolute Gasteiger partial charge is 0.544 e. The van der Waals surface area contributed by atoms with Gasteiger partial charge in [-0.15, -0.1) is 0 Å². The molecule has 6 heteroatoms. The first-order valence-corrected chi connectivity index (χ1v) is 11.3. The molecule has 2 fully saturated rings. The van der Waals surface area contributed by atoms with E-state index in [-0.39, 0.29) is 35.9 Å². The Kier molecular flexibility index (Phi) is 3.05. The highest BCUT2D eigenvalue weighted by atomic mass is 28.4. The molecule has 3 heterocycles. The second-order valence-electron chi connectivity index (χ2n) is 7.22. The molecule has 4 atom stereocenters. The van der Waals surface area contributed by atoms with E-state index in [1.54, 1.807) is 12.1 Å². The maximum atomic E-state index is 12.7. The Balaban J connectivity index is 1.59. The van der Waals surface area contributed by atoms with Crippen LogP contribution in [0.1, 0.15) is 0 Å². The minimum Gasteiger partial charge on any atom is -0.544 e. The van der Waals surface area contributed by atoms with Gasteiger partial charge >= 0.3 is 0 Å². The van der Waals surface area contributed by atoms with Gasteiger partial charge in [0.2, 0.25) is 20.1 Å². The molecule has 4 rings (SSSR count). The number of benzene rings is 1. The summed E-state index contributed by atoms with van der Waals surface area (Å²) in [5.74, 6) is -0.269. The van der Waals surface area contributed by atoms with Crippen molar-refractivity contribution in [1.82, 2.24) is 0 Å². The molecule has 0 saturated carbocycles. The predicted octanol–water partition coefficient (Wildman–Crippen LogP) is 2.34. The second-order valence-corrected chi connectivity index (χ2v) is 11.7. The first-order chi connectivity index (χ1) is 10.8. The first-order valence-electron chi connectivity index (χ1n) is 7.86. The molecule has 23 heavy (non-hydrogen) atoms. The molecule has 0 aliphatic carbocycles. The van der Waals surface area contributed by atoms with Gasteiger partial charge in [0.1, 0.15) is 5.75 Å². The first kappa shape index (κ1) is 14.7. The normalized spacial score (nSPS) is 31.9. The van der Waals surface area contributed by atoms with E-state index >= 15 is 0 Å². The maximum Gasteiger partial charge on any atom is 0.242 e. The van der Waals surface area contributed by atoms with Crippen LogP contribution in [-0.2, 0) is 14.3 Å². The van der Waals surface area contributed by atoms with Crippen LogP contribution in [0.4, 0.5) is 5.69 Å². The van der Waals surface area contributed by atoms with Gasteiger partial charge in [-0.1, -0.05) is 12.2 Å². The van der Waals surface area contributed by atoms with E-state index in [9.17, 15) is 9.59 Å². The van der Waals surface area contributed by atoms with Crippen LogP contribution in [-0.4, -0.2) is 32.3 Å². The van der Waals surface area contributed by atoms with E-state index in [2.05, 4.69) is 19.6 Å². The number of ether oxygens (including phenoxy) is 1. The molecular weight excluding hydrogens is 310 g/mol. The second kappa shape index (κ2) is 4.78. The van der Waals surface area contributed by atoms with E-state index in [4.69, 9.17) is 9.16 Å². The summed E-state index contributed by atoms with van der Waals surface area (Å²) >= 11 is 0. The number of amides is 2. The van der Waals surface area contributed by atoms with Crippen molar-refractivity contribution in [2.24, 2.45) is 11.8 Å². The third-order valence-electron chi connectivity index (χ3n) is 4.43. The number of fused-ring (bicyclic) bond motifs is 5. The molecule has 120 valence electrons. The fraction of sp³-hybridized carbons (Fsp3) is 0.412. The summed E-state index contributed by atoms with van der Waals surface area (Å²) in [6.07, 6.45) is 3.29. The third-order valence-corrected chi connectivity index (χ3v) is 5.28. The van der Waals surface area contributed by atoms with E-state index < -0.39 is 8.32 Å². The van der Waals surface area contributed by atoms with Crippen LogP contribution in [0, 0.1) is 11.8 Å². The molecule has 0 N–H and O–H groups in total. The van der Waals surface area contributed by atoms with Crippen LogP contribution in [0.25, 0.3) is 0 Å². The van der Waals surface area contributed by atoms with Crippen molar-refractivity contribution in [3.05, 3.63) is 36.4 Å². The smallest absolute Gasteiger partial charge is 0.242 e. The monoisotopic (exact) mass is 329 g/mol. The molecule has 2 amide bonds. The van der Waals surface area contributed by atoms with Gasteiger partial charge in [-0.3, -0.25) is 9.59 Å². The van der Waals surface area contributed by atoms with Crippen LogP contribution in [0.3, 0.4) is 0 Å². The Morgan fingerprint density at radius 3 is 1.96 bits per heavy atom. The van der Waals surface area contributed by atoms with Crippen LogP contribution in [0.2, 0.25) is 19.6 Å². The Morgan fingerprint density at radius 1 is 0.957 bits per heavy atom. The SMILES string of the molecule is C[Si](C)(C)Oc1ccc(N2C(=O)C3C(C2=O)[C@H]2C=C[C@@H]3O2)cc1. The quantitative estimate of drug-likeness (QED) is 0.485. The van der Waals surface area contributed by atoms with Crippen LogP contribution in [0.5, 0.6) is 5.75 Å². The van der Waals surface area contributed by atoms with E-state index in [0.29, 0.717) is 5.69 Å². The highest BCUT2D eigenvalue weighted by Crippen LogP contribution is 2.46. The average Bonchev–Trinajstić information content (AvgIpc) is 3.13. The topological polar surface area (TPSA) is 55.8 Å². The van der Waals surface area contributed by atoms with Crippen molar-refractivity contribution in [3.8, 4) is 5.75 Å². The standard InChI is InChI=1S/C17H19NO4Si/c1-23(2,3)22-11-6-4-10(5-7-11)18-16(19)14-12-8-9-13(21-12)15(14)17(18)20/h4-9,12-15H,1-3H3/t12-,13+,14?,15?. The number of nitrogens with zero attached hydrogens (tertiary/aromatic N) is 1. The average molecular weight is 329 g/mol. The van der Waals surface area contributed by atoms with Crippen molar-refractivity contribution >= 4 is 25.8 Å². The van der Waals surface area contributed by atoms with Crippen LogP contribution in [0.15, 0.2) is 36.4 Å². The molecule has 3 aliphatic rings. The van der Waals surface area contributed by atoms with Gasteiger partial charge in [-0.25, -0.2) is 4.90 Å². The highest BCUT2D eigenvalue weighted by Gasteiger charge is 2.60. The molecule has 2 saturated heterocycles. The fourth-order valence-corrected chi connectivity index (χ4v) is 4.42. The summed E-state index contributed by atoms with van der Waals surface area (Å²) in [5, 5.41) is 0. The zero-order chi connectivity index (χ0) is 16.4. The van der Waals surface area contributed by atoms with Gasteiger partial charge in [-0.05, 0) is 43.9 Å². The van der Waals surface area contributed by atoms with Crippen molar-refractivity contribution in [1.29, 1.82) is 0 Å². The number of hydrogen-bond donors (Lipinski definition) is 0. The van der Waals surface area contributed by atoms with Gasteiger partial charge < -0.3 is 9.16 Å². The summed E-state index contributed by atoms with van der Waals surface area (Å²) in [7, 11) is -1.67. The molecule has 2 unspecified atom stereocenters. The zero-order valence-corrected chi connectivity index (χ0v) is 14.4. The lowest BCUT2D eigenvalue weighted by molar-refractivity contribution is -0.124. The Bertz CT molecular complexity index is 676. The Labute approximate surface area is 136 Å². The van der Waals surface area contributed by atoms with Gasteiger partial charge in [-0.2, -0.15) is 0 Å². The third kappa shape index (κ3) is 2.24. The molecule has 1 aromatic rings. The molecule has 1 aromatic carbocycles. The lowest BCUT2D eigenvalue weighted by Gasteiger charge is -2.21. The highest BCUT2D eigenvalue weighted by molar-refractivity contribution is 6.70. The van der Waals surface area contributed by atoms with Gasteiger partial charge in [0.05, 0.1) is 29.7 Å². The molecule has 3 aliphatic heterocycles. The van der Waals surface area contributed by atoms with E-state index in [1.807, 2.05) is 24.3 Å². The number of carbonyl (C=O) groups is 2. The molecule has 0 aromatic heterocycles. The fourth-order valence-electron chi connectivity index (χ4n) is 3.57. The molecular formula is C17H19NO4Si. The Morgan fingerprint density at radius 2 is 1.48 bits per heavy atom. The summed E-state index contributed by atoms with van der Waals surface area (Å²) in [4.78, 5) is 26.6. The lowest BCUT2D eigenvalue weighted by Crippen LogP contribution is -2.34. The van der Waals surface area contributed by atoms with Gasteiger partial charge in [0.25, 0.3) is 0 Å². The lowest BCUT2D eigenvalue weighted by atomic mass is 9.85. The van der Waals surface area contributed by atoms with Crippen molar-refractivity contribution < 1.29 is 18.8 Å². The van der Waals surface area contributed by atoms with Crippen molar-refractivity contribution in [2.75, 3.05) is 4.90 Å². The predicted molar refractivity (Wildman–Crippen MR) is 87.7 cm³/mol. The summed E-state index contributed by atoms with van der Waals surface area (Å²) < 4.78 is 11.6. The minimum absolute atomic E-state index is 0.157. The van der Waals surface area contributed by atoms with Crippen LogP contribution >= 0.6 is 0 Å².